The van der Waals surface area contributed by atoms with Crippen molar-refractivity contribution in [1.82, 2.24) is 9.47 Å². The number of ether oxygens (including phenoxy) is 3. The van der Waals surface area contributed by atoms with Crippen LogP contribution in [0, 0.1) is 0 Å². The molecule has 1 aromatic heterocycles. The Morgan fingerprint density at radius 3 is 2.08 bits per heavy atom. The Balaban J connectivity index is 1.29. The molecule has 0 aliphatic carbocycles. The normalized spacial score (nSPS) is 13.6. The fourth-order valence-corrected chi connectivity index (χ4v) is 5.03. The number of rotatable bonds is 8. The molecule has 1 aliphatic heterocycles. The number of aromatic nitrogens is 1. The number of benzene rings is 3. The van der Waals surface area contributed by atoms with E-state index in [1.54, 1.807) is 21.3 Å². The molecular formula is C30H33N3O4. The Morgan fingerprint density at radius 1 is 0.784 bits per heavy atom. The van der Waals surface area contributed by atoms with Gasteiger partial charge in [0.05, 0.1) is 27.8 Å². The first-order valence-corrected chi connectivity index (χ1v) is 12.5. The van der Waals surface area contributed by atoms with Crippen molar-refractivity contribution in [2.75, 3.05) is 52.4 Å². The highest BCUT2D eigenvalue weighted by atomic mass is 16.5. The topological polar surface area (TPSA) is 56.2 Å². The number of hydrogen-bond donors (Lipinski definition) is 0. The van der Waals surface area contributed by atoms with Crippen LogP contribution in [0.1, 0.15) is 11.1 Å². The van der Waals surface area contributed by atoms with Crippen molar-refractivity contribution in [3.8, 4) is 17.2 Å². The number of carbonyl (C=O) groups is 1. The number of piperazine rings is 1. The molecule has 37 heavy (non-hydrogen) atoms. The second-order valence-corrected chi connectivity index (χ2v) is 9.26. The van der Waals surface area contributed by atoms with Crippen LogP contribution in [-0.2, 0) is 17.8 Å². The Hall–Kier alpha value is -4.13. The minimum atomic E-state index is 0.167. The maximum absolute atomic E-state index is 13.3. The van der Waals surface area contributed by atoms with Gasteiger partial charge >= 0.3 is 0 Å². The van der Waals surface area contributed by atoms with E-state index in [1.807, 2.05) is 47.4 Å². The summed E-state index contributed by atoms with van der Waals surface area (Å²) in [6.45, 7) is 3.72. The third-order valence-corrected chi connectivity index (χ3v) is 7.05. The number of hydrogen-bond acceptors (Lipinski definition) is 5. The van der Waals surface area contributed by atoms with Gasteiger partial charge in [-0.3, -0.25) is 4.79 Å². The molecule has 5 rings (SSSR count). The van der Waals surface area contributed by atoms with E-state index < -0.39 is 0 Å². The van der Waals surface area contributed by atoms with Crippen molar-refractivity contribution < 1.29 is 19.0 Å². The Kier molecular flexibility index (Phi) is 7.21. The van der Waals surface area contributed by atoms with Crippen LogP contribution in [0.15, 0.2) is 72.9 Å². The first kappa shape index (κ1) is 24.6. The van der Waals surface area contributed by atoms with Crippen molar-refractivity contribution in [3.63, 3.8) is 0 Å². The highest BCUT2D eigenvalue weighted by molar-refractivity contribution is 5.89. The fourth-order valence-electron chi connectivity index (χ4n) is 5.03. The van der Waals surface area contributed by atoms with E-state index in [-0.39, 0.29) is 5.91 Å². The maximum atomic E-state index is 13.3. The molecule has 7 nitrogen and oxygen atoms in total. The summed E-state index contributed by atoms with van der Waals surface area (Å²) in [5, 5.41) is 1.11. The predicted molar refractivity (Wildman–Crippen MR) is 146 cm³/mol. The number of anilines is 1. The van der Waals surface area contributed by atoms with Gasteiger partial charge < -0.3 is 28.6 Å². The van der Waals surface area contributed by atoms with Crippen molar-refractivity contribution >= 4 is 22.5 Å². The van der Waals surface area contributed by atoms with Crippen LogP contribution in [0.3, 0.4) is 0 Å². The Labute approximate surface area is 217 Å². The lowest BCUT2D eigenvalue weighted by Crippen LogP contribution is -2.49. The highest BCUT2D eigenvalue weighted by Crippen LogP contribution is 2.27. The number of para-hydroxylation sites is 1. The van der Waals surface area contributed by atoms with Gasteiger partial charge in [-0.25, -0.2) is 0 Å². The second kappa shape index (κ2) is 10.9. The van der Waals surface area contributed by atoms with Gasteiger partial charge in [-0.15, -0.1) is 0 Å². The summed E-state index contributed by atoms with van der Waals surface area (Å²) < 4.78 is 18.4. The molecule has 2 heterocycles. The van der Waals surface area contributed by atoms with Gasteiger partial charge in [-0.05, 0) is 53.6 Å². The predicted octanol–water partition coefficient (Wildman–Crippen LogP) is 4.61. The summed E-state index contributed by atoms with van der Waals surface area (Å²) in [6, 6.07) is 22.3. The molecular weight excluding hydrogens is 466 g/mol. The van der Waals surface area contributed by atoms with Crippen LogP contribution in [-0.4, -0.2) is 62.9 Å². The van der Waals surface area contributed by atoms with Crippen LogP contribution in [0.5, 0.6) is 17.2 Å². The third kappa shape index (κ3) is 5.35. The zero-order valence-corrected chi connectivity index (χ0v) is 21.6. The molecule has 1 fully saturated rings. The van der Waals surface area contributed by atoms with E-state index in [4.69, 9.17) is 14.2 Å². The average Bonchev–Trinajstić information content (AvgIpc) is 3.29. The van der Waals surface area contributed by atoms with Crippen molar-refractivity contribution in [3.05, 3.63) is 84.1 Å². The Morgan fingerprint density at radius 2 is 1.43 bits per heavy atom. The average molecular weight is 500 g/mol. The van der Waals surface area contributed by atoms with Gasteiger partial charge in [-0.2, -0.15) is 0 Å². The smallest absolute Gasteiger partial charge is 0.227 e. The molecule has 0 spiro atoms. The molecule has 0 unspecified atom stereocenters. The minimum absolute atomic E-state index is 0.167. The van der Waals surface area contributed by atoms with Crippen LogP contribution in [0.25, 0.3) is 10.9 Å². The quantitative estimate of drug-likeness (QED) is 0.355. The Bertz CT molecular complexity index is 1350. The summed E-state index contributed by atoms with van der Waals surface area (Å²) in [5.41, 5.74) is 4.39. The lowest BCUT2D eigenvalue weighted by Gasteiger charge is -2.36. The van der Waals surface area contributed by atoms with Crippen LogP contribution in [0.4, 0.5) is 5.69 Å². The number of nitrogens with zero attached hydrogens (tertiary/aromatic N) is 3. The summed E-state index contributed by atoms with van der Waals surface area (Å²) in [7, 11) is 4.99. The van der Waals surface area contributed by atoms with Gasteiger partial charge in [0.25, 0.3) is 0 Å². The van der Waals surface area contributed by atoms with Gasteiger partial charge in [0.1, 0.15) is 17.2 Å². The largest absolute Gasteiger partial charge is 0.497 e. The molecule has 0 N–H and O–H groups in total. The number of fused-ring (bicyclic) bond motifs is 1. The second-order valence-electron chi connectivity index (χ2n) is 9.26. The van der Waals surface area contributed by atoms with Crippen molar-refractivity contribution in [1.29, 1.82) is 0 Å². The lowest BCUT2D eigenvalue weighted by molar-refractivity contribution is -0.130. The number of methoxy groups -OCH3 is 3. The molecule has 4 aromatic rings. The van der Waals surface area contributed by atoms with Gasteiger partial charge in [0, 0.05) is 61.6 Å². The van der Waals surface area contributed by atoms with Gasteiger partial charge in [0.2, 0.25) is 5.91 Å². The van der Waals surface area contributed by atoms with Crippen molar-refractivity contribution in [2.24, 2.45) is 0 Å². The summed E-state index contributed by atoms with van der Waals surface area (Å²) in [4.78, 5) is 17.6. The molecule has 0 bridgehead atoms. The van der Waals surface area contributed by atoms with E-state index in [0.29, 0.717) is 26.1 Å². The zero-order valence-electron chi connectivity index (χ0n) is 21.6. The van der Waals surface area contributed by atoms with E-state index in [0.717, 1.165) is 58.1 Å². The first-order chi connectivity index (χ1) is 18.1. The molecule has 0 radical (unpaired) electrons. The molecule has 0 atom stereocenters. The van der Waals surface area contributed by atoms with E-state index in [2.05, 4.69) is 39.9 Å². The standard InChI is InChI=1S/C30H33N3O4/c1-35-25-10-8-24(9-11-25)31-12-14-32(15-13-31)30(34)18-23-21-33(29-7-5-4-6-28(23)29)20-22-16-26(36-2)19-27(17-22)37-3/h4-11,16-17,19,21H,12-15,18,20H2,1-3H3. The van der Waals surface area contributed by atoms with Gasteiger partial charge in [0.15, 0.2) is 0 Å². The van der Waals surface area contributed by atoms with Gasteiger partial charge in [-0.1, -0.05) is 18.2 Å². The van der Waals surface area contributed by atoms with Crippen LogP contribution in [0.2, 0.25) is 0 Å². The van der Waals surface area contributed by atoms with E-state index in [1.165, 1.54) is 0 Å². The third-order valence-electron chi connectivity index (χ3n) is 7.05. The SMILES string of the molecule is COc1ccc(N2CCN(C(=O)Cc3cn(Cc4cc(OC)cc(OC)c4)c4ccccc34)CC2)cc1. The zero-order chi connectivity index (χ0) is 25.8. The molecule has 7 heteroatoms. The van der Waals surface area contributed by atoms with E-state index in [9.17, 15) is 4.79 Å². The molecule has 3 aromatic carbocycles. The fraction of sp³-hybridized carbons (Fsp3) is 0.300. The summed E-state index contributed by atoms with van der Waals surface area (Å²) >= 11 is 0. The highest BCUT2D eigenvalue weighted by Gasteiger charge is 2.23. The molecule has 0 saturated carbocycles. The minimum Gasteiger partial charge on any atom is -0.497 e. The summed E-state index contributed by atoms with van der Waals surface area (Å²) in [6.07, 6.45) is 2.50. The van der Waals surface area contributed by atoms with E-state index >= 15 is 0 Å². The number of carbonyl (C=O) groups excluding carboxylic acids is 1. The van der Waals surface area contributed by atoms with Crippen LogP contribution < -0.4 is 19.1 Å². The van der Waals surface area contributed by atoms with Crippen LogP contribution >= 0.6 is 0 Å². The molecule has 1 saturated heterocycles. The monoisotopic (exact) mass is 499 g/mol. The van der Waals surface area contributed by atoms with Crippen molar-refractivity contribution in [2.45, 2.75) is 13.0 Å². The number of amides is 1. The molecule has 192 valence electrons. The maximum Gasteiger partial charge on any atom is 0.227 e. The molecule has 1 aliphatic rings. The lowest BCUT2D eigenvalue weighted by atomic mass is 10.1. The molecule has 1 amide bonds. The first-order valence-electron chi connectivity index (χ1n) is 12.5. The summed E-state index contributed by atoms with van der Waals surface area (Å²) in [5.74, 6) is 2.53.